The molecule has 0 heterocycles. The summed E-state index contributed by atoms with van der Waals surface area (Å²) in [6.07, 6.45) is 1.14. The average Bonchev–Trinajstić information content (AvgIpc) is 2.41. The summed E-state index contributed by atoms with van der Waals surface area (Å²) in [4.78, 5) is 0. The van der Waals surface area contributed by atoms with E-state index in [2.05, 4.69) is 31.2 Å². The van der Waals surface area contributed by atoms with Crippen LogP contribution in [0.5, 0.6) is 0 Å². The molecule has 3 nitrogen and oxygen atoms in total. The van der Waals surface area contributed by atoms with E-state index in [1.807, 2.05) is 26.8 Å². The molecule has 0 N–H and O–H groups in total. The van der Waals surface area contributed by atoms with E-state index < -0.39 is 9.53 Å². The zero-order valence-corrected chi connectivity index (χ0v) is 13.2. The van der Waals surface area contributed by atoms with Gasteiger partial charge in [0.15, 0.2) is 0 Å². The topological polar surface area (TPSA) is 27.7 Å². The predicted octanol–water partition coefficient (Wildman–Crippen LogP) is 3.06. The first-order valence-corrected chi connectivity index (χ1v) is 8.08. The van der Waals surface area contributed by atoms with Gasteiger partial charge in [-0.1, -0.05) is 37.3 Å². The number of hydrogen-bond acceptors (Lipinski definition) is 3. The molecule has 0 radical (unpaired) electrons. The Kier molecular flexibility index (Phi) is 12.3. The van der Waals surface area contributed by atoms with Crippen LogP contribution in [0.1, 0.15) is 33.3 Å². The van der Waals surface area contributed by atoms with Crippen LogP contribution in [0.2, 0.25) is 0 Å². The van der Waals surface area contributed by atoms with Crippen LogP contribution in [0.25, 0.3) is 0 Å². The predicted molar refractivity (Wildman–Crippen MR) is 77.8 cm³/mol. The van der Waals surface area contributed by atoms with Gasteiger partial charge in [-0.05, 0) is 32.8 Å². The van der Waals surface area contributed by atoms with Crippen molar-refractivity contribution in [1.82, 2.24) is 0 Å². The highest BCUT2D eigenvalue weighted by atomic mass is 28.3. The largest absolute Gasteiger partial charge is 0.484 e. The molecule has 0 aliphatic carbocycles. The lowest BCUT2D eigenvalue weighted by Gasteiger charge is -2.12. The summed E-state index contributed by atoms with van der Waals surface area (Å²) in [5.41, 5.74) is 1.41. The summed E-state index contributed by atoms with van der Waals surface area (Å²) < 4.78 is 15.7. The summed E-state index contributed by atoms with van der Waals surface area (Å²) in [7, 11) is -1.73. The van der Waals surface area contributed by atoms with Crippen molar-refractivity contribution in [2.75, 3.05) is 19.8 Å². The molecule has 0 fully saturated rings. The van der Waals surface area contributed by atoms with Crippen LogP contribution >= 0.6 is 0 Å². The highest BCUT2D eigenvalue weighted by Crippen LogP contribution is 1.96. The quantitative estimate of drug-likeness (QED) is 0.713. The highest BCUT2D eigenvalue weighted by molar-refractivity contribution is 6.36. The van der Waals surface area contributed by atoms with E-state index in [-0.39, 0.29) is 0 Å². The van der Waals surface area contributed by atoms with Gasteiger partial charge in [0, 0.05) is 19.8 Å². The molecular formula is C14H26O3Si. The number of rotatable bonds is 7. The summed E-state index contributed by atoms with van der Waals surface area (Å²) in [5, 5.41) is 0. The smallest absolute Gasteiger partial charge is 0.376 e. The third-order valence-electron chi connectivity index (χ3n) is 2.16. The molecule has 0 unspecified atom stereocenters. The minimum Gasteiger partial charge on any atom is -0.376 e. The first-order valence-electron chi connectivity index (χ1n) is 6.67. The lowest BCUT2D eigenvalue weighted by molar-refractivity contribution is 0.107. The van der Waals surface area contributed by atoms with Gasteiger partial charge in [-0.25, -0.2) is 0 Å². The van der Waals surface area contributed by atoms with E-state index in [1.165, 1.54) is 5.56 Å². The lowest BCUT2D eigenvalue weighted by Crippen LogP contribution is -2.27. The van der Waals surface area contributed by atoms with Gasteiger partial charge < -0.3 is 13.3 Å². The number of hydrogen-bond donors (Lipinski definition) is 0. The van der Waals surface area contributed by atoms with Crippen molar-refractivity contribution in [3.05, 3.63) is 35.9 Å². The molecule has 0 spiro atoms. The SMILES string of the molecule is CCO[SiH](OCC)OCC.CCc1ccccc1. The second-order valence-electron chi connectivity index (χ2n) is 3.49. The standard InChI is InChI=1S/C8H10.C6H16O3Si/c1-2-8-6-4-3-5-7-8;1-4-7-10(8-5-2)9-6-3/h3-7H,2H2,1H3;10H,4-6H2,1-3H3. The summed E-state index contributed by atoms with van der Waals surface area (Å²) in [6.45, 7) is 10.0. The van der Waals surface area contributed by atoms with E-state index in [0.29, 0.717) is 19.8 Å². The molecule has 18 heavy (non-hydrogen) atoms. The van der Waals surface area contributed by atoms with E-state index in [4.69, 9.17) is 13.3 Å². The van der Waals surface area contributed by atoms with Crippen LogP contribution in [0.3, 0.4) is 0 Å². The fourth-order valence-electron chi connectivity index (χ4n) is 1.27. The molecule has 0 amide bonds. The van der Waals surface area contributed by atoms with Gasteiger partial charge in [0.2, 0.25) is 0 Å². The van der Waals surface area contributed by atoms with Crippen molar-refractivity contribution in [3.63, 3.8) is 0 Å². The van der Waals surface area contributed by atoms with Crippen molar-refractivity contribution in [2.24, 2.45) is 0 Å². The van der Waals surface area contributed by atoms with Gasteiger partial charge >= 0.3 is 9.53 Å². The molecule has 0 saturated carbocycles. The Labute approximate surface area is 113 Å². The van der Waals surface area contributed by atoms with Crippen molar-refractivity contribution >= 4 is 9.53 Å². The van der Waals surface area contributed by atoms with E-state index in [1.54, 1.807) is 0 Å². The average molecular weight is 270 g/mol. The molecule has 4 heteroatoms. The van der Waals surface area contributed by atoms with Crippen LogP contribution in [-0.2, 0) is 19.7 Å². The first kappa shape index (κ1) is 17.3. The molecule has 0 aliphatic rings. The Balaban J connectivity index is 0.000000327. The fourth-order valence-corrected chi connectivity index (χ4v) is 2.37. The second kappa shape index (κ2) is 12.8. The van der Waals surface area contributed by atoms with Gasteiger partial charge in [0.1, 0.15) is 0 Å². The molecule has 1 rings (SSSR count). The van der Waals surface area contributed by atoms with Gasteiger partial charge in [-0.15, -0.1) is 0 Å². The van der Waals surface area contributed by atoms with Gasteiger partial charge in [-0.3, -0.25) is 0 Å². The minimum atomic E-state index is -1.73. The maximum absolute atomic E-state index is 5.22. The summed E-state index contributed by atoms with van der Waals surface area (Å²) in [6, 6.07) is 10.5. The first-order chi connectivity index (χ1) is 8.78. The van der Waals surface area contributed by atoms with E-state index >= 15 is 0 Å². The molecule has 0 bridgehead atoms. The molecule has 1 aromatic rings. The third kappa shape index (κ3) is 9.36. The molecule has 0 aliphatic heterocycles. The Hall–Kier alpha value is -0.683. The highest BCUT2D eigenvalue weighted by Gasteiger charge is 2.11. The Bertz CT molecular complexity index is 253. The number of benzene rings is 1. The Morgan fingerprint density at radius 3 is 1.50 bits per heavy atom. The lowest BCUT2D eigenvalue weighted by atomic mass is 10.2. The van der Waals surface area contributed by atoms with Crippen LogP contribution < -0.4 is 0 Å². The van der Waals surface area contributed by atoms with Gasteiger partial charge in [0.25, 0.3) is 0 Å². The van der Waals surface area contributed by atoms with E-state index in [0.717, 1.165) is 6.42 Å². The molecule has 0 atom stereocenters. The van der Waals surface area contributed by atoms with Crippen LogP contribution in [-0.4, -0.2) is 29.3 Å². The van der Waals surface area contributed by atoms with Gasteiger partial charge in [-0.2, -0.15) is 0 Å². The van der Waals surface area contributed by atoms with E-state index in [9.17, 15) is 0 Å². The normalized spacial score (nSPS) is 10.1. The molecule has 0 saturated heterocycles. The molecule has 0 aromatic heterocycles. The second-order valence-corrected chi connectivity index (χ2v) is 5.07. The molecular weight excluding hydrogens is 244 g/mol. The maximum Gasteiger partial charge on any atom is 0.484 e. The van der Waals surface area contributed by atoms with Crippen molar-refractivity contribution in [1.29, 1.82) is 0 Å². The van der Waals surface area contributed by atoms with Crippen molar-refractivity contribution in [3.8, 4) is 0 Å². The Morgan fingerprint density at radius 1 is 0.778 bits per heavy atom. The third-order valence-corrected chi connectivity index (χ3v) is 3.98. The van der Waals surface area contributed by atoms with Gasteiger partial charge in [0.05, 0.1) is 0 Å². The van der Waals surface area contributed by atoms with Crippen molar-refractivity contribution in [2.45, 2.75) is 34.1 Å². The summed E-state index contributed by atoms with van der Waals surface area (Å²) >= 11 is 0. The summed E-state index contributed by atoms with van der Waals surface area (Å²) in [5.74, 6) is 0. The number of aryl methyl sites for hydroxylation is 1. The molecule has 104 valence electrons. The molecule has 1 aromatic carbocycles. The zero-order chi connectivity index (χ0) is 13.6. The van der Waals surface area contributed by atoms with Crippen LogP contribution in [0, 0.1) is 0 Å². The van der Waals surface area contributed by atoms with Crippen molar-refractivity contribution < 1.29 is 13.3 Å². The maximum atomic E-state index is 5.22. The zero-order valence-electron chi connectivity index (χ0n) is 12.0. The minimum absolute atomic E-state index is 0.677. The fraction of sp³-hybridized carbons (Fsp3) is 0.571. The van der Waals surface area contributed by atoms with Crippen LogP contribution in [0.15, 0.2) is 30.3 Å². The van der Waals surface area contributed by atoms with Crippen LogP contribution in [0.4, 0.5) is 0 Å². The monoisotopic (exact) mass is 270 g/mol. The Morgan fingerprint density at radius 2 is 1.22 bits per heavy atom.